The number of likely N-dealkylation sites (N-methyl/N-ethyl adjacent to an activating group) is 1. The predicted octanol–water partition coefficient (Wildman–Crippen LogP) is -1.15. The van der Waals surface area contributed by atoms with Crippen molar-refractivity contribution in [1.29, 1.82) is 0 Å². The molecule has 1 saturated heterocycles. The second-order valence-corrected chi connectivity index (χ2v) is 2.93. The normalized spacial score (nSPS) is 25.7. The zero-order valence-corrected chi connectivity index (χ0v) is 7.00. The van der Waals surface area contributed by atoms with E-state index in [1.165, 1.54) is 0 Å². The van der Waals surface area contributed by atoms with Crippen LogP contribution in [0.15, 0.2) is 0 Å². The van der Waals surface area contributed by atoms with Gasteiger partial charge in [0.05, 0.1) is 6.17 Å². The van der Waals surface area contributed by atoms with Crippen LogP contribution in [0, 0.1) is 0 Å². The maximum absolute atomic E-state index is 10.4. The lowest BCUT2D eigenvalue weighted by Gasteiger charge is -2.36. The summed E-state index contributed by atoms with van der Waals surface area (Å²) in [4.78, 5) is 14.1. The van der Waals surface area contributed by atoms with E-state index >= 15 is 0 Å². The van der Waals surface area contributed by atoms with Gasteiger partial charge < -0.3 is 10.2 Å². The standard InChI is InChI=1S/C7H14N3O/c1-9(2)7-5-8-3-4-10(7)6-11/h7-8H,3-5H2,1-2H3. The van der Waals surface area contributed by atoms with Gasteiger partial charge in [-0.2, -0.15) is 0 Å². The first-order valence-electron chi connectivity index (χ1n) is 3.77. The summed E-state index contributed by atoms with van der Waals surface area (Å²) < 4.78 is 0. The van der Waals surface area contributed by atoms with Gasteiger partial charge >= 0.3 is 6.41 Å². The molecule has 4 heteroatoms. The number of hydrogen-bond donors (Lipinski definition) is 1. The molecule has 1 unspecified atom stereocenters. The largest absolute Gasteiger partial charge is 0.316 e. The van der Waals surface area contributed by atoms with E-state index in [1.54, 1.807) is 4.90 Å². The van der Waals surface area contributed by atoms with Crippen LogP contribution in [0.3, 0.4) is 0 Å². The maximum Gasteiger partial charge on any atom is 0.313 e. The molecular weight excluding hydrogens is 142 g/mol. The van der Waals surface area contributed by atoms with Crippen molar-refractivity contribution in [3.63, 3.8) is 0 Å². The summed E-state index contributed by atoms with van der Waals surface area (Å²) in [6.45, 7) is 2.47. The molecule has 1 aliphatic heterocycles. The predicted molar refractivity (Wildman–Crippen MR) is 42.7 cm³/mol. The number of nitrogens with zero attached hydrogens (tertiary/aromatic N) is 2. The smallest absolute Gasteiger partial charge is 0.313 e. The van der Waals surface area contributed by atoms with Gasteiger partial charge in [-0.3, -0.25) is 9.69 Å². The van der Waals surface area contributed by atoms with Crippen molar-refractivity contribution in [1.82, 2.24) is 15.1 Å². The van der Waals surface area contributed by atoms with Crippen molar-refractivity contribution < 1.29 is 4.79 Å². The van der Waals surface area contributed by atoms with Crippen LogP contribution in [0.5, 0.6) is 0 Å². The summed E-state index contributed by atoms with van der Waals surface area (Å²) in [6, 6.07) is 0. The van der Waals surface area contributed by atoms with E-state index < -0.39 is 0 Å². The van der Waals surface area contributed by atoms with Crippen molar-refractivity contribution in [2.24, 2.45) is 0 Å². The van der Waals surface area contributed by atoms with Gasteiger partial charge in [0.1, 0.15) is 0 Å². The summed E-state index contributed by atoms with van der Waals surface area (Å²) in [6.07, 6.45) is 2.10. The van der Waals surface area contributed by atoms with Gasteiger partial charge in [-0.25, -0.2) is 0 Å². The molecule has 0 aromatic heterocycles. The Hall–Kier alpha value is -0.610. The topological polar surface area (TPSA) is 35.6 Å². The molecule has 63 valence electrons. The minimum Gasteiger partial charge on any atom is -0.316 e. The second kappa shape index (κ2) is 3.69. The average Bonchev–Trinajstić information content (AvgIpc) is 2.04. The van der Waals surface area contributed by atoms with Crippen LogP contribution in [0.25, 0.3) is 0 Å². The lowest BCUT2D eigenvalue weighted by atomic mass is 10.3. The number of amides is 1. The molecule has 1 aliphatic rings. The van der Waals surface area contributed by atoms with Crippen molar-refractivity contribution in [2.75, 3.05) is 33.7 Å². The number of rotatable bonds is 2. The first-order valence-corrected chi connectivity index (χ1v) is 3.77. The molecule has 0 aromatic carbocycles. The fourth-order valence-electron chi connectivity index (χ4n) is 1.26. The molecule has 1 heterocycles. The number of nitrogens with one attached hydrogen (secondary N) is 1. The number of carbonyl (C=O) groups excluding carboxylic acids is 1. The Balaban J connectivity index is 2.51. The van der Waals surface area contributed by atoms with E-state index in [0.717, 1.165) is 19.6 Å². The molecule has 0 saturated carbocycles. The Morgan fingerprint density at radius 1 is 1.64 bits per heavy atom. The third-order valence-electron chi connectivity index (χ3n) is 1.93. The molecule has 0 bridgehead atoms. The van der Waals surface area contributed by atoms with Crippen LogP contribution in [-0.4, -0.2) is 56.1 Å². The Kier molecular flexibility index (Phi) is 2.84. The summed E-state index contributed by atoms with van der Waals surface area (Å²) in [5, 5.41) is 3.22. The molecule has 11 heavy (non-hydrogen) atoms. The van der Waals surface area contributed by atoms with E-state index in [1.807, 2.05) is 25.4 Å². The van der Waals surface area contributed by atoms with Crippen molar-refractivity contribution in [3.8, 4) is 0 Å². The van der Waals surface area contributed by atoms with Crippen LogP contribution < -0.4 is 5.32 Å². The fraction of sp³-hybridized carbons (Fsp3) is 0.857. The molecule has 0 aromatic rings. The third-order valence-corrected chi connectivity index (χ3v) is 1.93. The van der Waals surface area contributed by atoms with Gasteiger partial charge in [0.15, 0.2) is 0 Å². The van der Waals surface area contributed by atoms with E-state index in [0.29, 0.717) is 0 Å². The molecule has 1 N–H and O–H groups in total. The van der Waals surface area contributed by atoms with Crippen molar-refractivity contribution in [2.45, 2.75) is 6.17 Å². The van der Waals surface area contributed by atoms with Crippen LogP contribution in [-0.2, 0) is 4.79 Å². The van der Waals surface area contributed by atoms with E-state index in [-0.39, 0.29) is 6.17 Å². The molecular formula is C7H14N3O. The molecule has 1 radical (unpaired) electrons. The van der Waals surface area contributed by atoms with E-state index in [2.05, 4.69) is 5.32 Å². The Morgan fingerprint density at radius 3 is 2.82 bits per heavy atom. The first kappa shape index (κ1) is 8.49. The van der Waals surface area contributed by atoms with Gasteiger partial charge in [0, 0.05) is 19.6 Å². The lowest BCUT2D eigenvalue weighted by Crippen LogP contribution is -2.56. The highest BCUT2D eigenvalue weighted by atomic mass is 16.1. The van der Waals surface area contributed by atoms with Crippen LogP contribution in [0.1, 0.15) is 0 Å². The molecule has 1 atom stereocenters. The van der Waals surface area contributed by atoms with Gasteiger partial charge in [0.2, 0.25) is 0 Å². The number of piperazine rings is 1. The fourth-order valence-corrected chi connectivity index (χ4v) is 1.26. The molecule has 1 fully saturated rings. The Labute approximate surface area is 67.2 Å². The average molecular weight is 156 g/mol. The summed E-state index contributed by atoms with van der Waals surface area (Å²) >= 11 is 0. The quantitative estimate of drug-likeness (QED) is 0.548. The van der Waals surface area contributed by atoms with Crippen LogP contribution in [0.2, 0.25) is 0 Å². The molecule has 0 aliphatic carbocycles. The minimum absolute atomic E-state index is 0.168. The summed E-state index contributed by atoms with van der Waals surface area (Å²) in [7, 11) is 3.92. The summed E-state index contributed by atoms with van der Waals surface area (Å²) in [5.41, 5.74) is 0. The molecule has 1 rings (SSSR count). The monoisotopic (exact) mass is 156 g/mol. The van der Waals surface area contributed by atoms with Gasteiger partial charge in [-0.15, -0.1) is 0 Å². The third kappa shape index (κ3) is 1.91. The molecule has 1 amide bonds. The van der Waals surface area contributed by atoms with E-state index in [9.17, 15) is 4.79 Å². The Bertz CT molecular complexity index is 138. The lowest BCUT2D eigenvalue weighted by molar-refractivity contribution is 0.114. The zero-order chi connectivity index (χ0) is 8.27. The first-order chi connectivity index (χ1) is 5.25. The van der Waals surface area contributed by atoms with Gasteiger partial charge in [-0.1, -0.05) is 0 Å². The van der Waals surface area contributed by atoms with Crippen molar-refractivity contribution in [3.05, 3.63) is 0 Å². The summed E-state index contributed by atoms with van der Waals surface area (Å²) in [5.74, 6) is 0. The van der Waals surface area contributed by atoms with Crippen molar-refractivity contribution >= 4 is 6.41 Å². The Morgan fingerprint density at radius 2 is 2.36 bits per heavy atom. The van der Waals surface area contributed by atoms with E-state index in [4.69, 9.17) is 0 Å². The minimum atomic E-state index is 0.168. The second-order valence-electron chi connectivity index (χ2n) is 2.93. The van der Waals surface area contributed by atoms with Crippen LogP contribution >= 0.6 is 0 Å². The highest BCUT2D eigenvalue weighted by Crippen LogP contribution is 2.01. The van der Waals surface area contributed by atoms with Gasteiger partial charge in [0.25, 0.3) is 0 Å². The highest BCUT2D eigenvalue weighted by molar-refractivity contribution is 5.49. The molecule has 4 nitrogen and oxygen atoms in total. The maximum atomic E-state index is 10.4. The van der Waals surface area contributed by atoms with Gasteiger partial charge in [-0.05, 0) is 14.1 Å². The SMILES string of the molecule is CN(C)C1CNCCN1[C]=O. The number of hydrogen-bond acceptors (Lipinski definition) is 3. The highest BCUT2D eigenvalue weighted by Gasteiger charge is 2.22. The zero-order valence-electron chi connectivity index (χ0n) is 7.00. The van der Waals surface area contributed by atoms with Crippen LogP contribution in [0.4, 0.5) is 0 Å². The molecule has 0 spiro atoms.